The van der Waals surface area contributed by atoms with Crippen LogP contribution in [0.3, 0.4) is 0 Å². The van der Waals surface area contributed by atoms with Crippen molar-refractivity contribution in [3.05, 3.63) is 23.0 Å². The van der Waals surface area contributed by atoms with Crippen LogP contribution in [0.5, 0.6) is 0 Å². The summed E-state index contributed by atoms with van der Waals surface area (Å²) in [4.78, 5) is 14.4. The van der Waals surface area contributed by atoms with E-state index in [-0.39, 0.29) is 5.97 Å². The van der Waals surface area contributed by atoms with Crippen LogP contribution in [0.2, 0.25) is 0 Å². The summed E-state index contributed by atoms with van der Waals surface area (Å²) >= 11 is 0. The molecule has 0 saturated carbocycles. The fourth-order valence-corrected chi connectivity index (χ4v) is 2.03. The number of esters is 1. The van der Waals surface area contributed by atoms with Crippen LogP contribution in [0.1, 0.15) is 35.1 Å². The van der Waals surface area contributed by atoms with Gasteiger partial charge in [0, 0.05) is 5.69 Å². The molecule has 0 radical (unpaired) electrons. The van der Waals surface area contributed by atoms with Gasteiger partial charge in [0.1, 0.15) is 5.69 Å². The zero-order valence-electron chi connectivity index (χ0n) is 8.59. The number of carbonyl (C=O) groups is 1. The maximum atomic E-state index is 11.3. The van der Waals surface area contributed by atoms with Crippen molar-refractivity contribution in [3.63, 3.8) is 0 Å². The van der Waals surface area contributed by atoms with Gasteiger partial charge in [-0.1, -0.05) is 6.92 Å². The second kappa shape index (κ2) is 3.48. The van der Waals surface area contributed by atoms with Gasteiger partial charge in [0.25, 0.3) is 0 Å². The van der Waals surface area contributed by atoms with Gasteiger partial charge in [-0.05, 0) is 36.8 Å². The highest BCUT2D eigenvalue weighted by atomic mass is 16.5. The summed E-state index contributed by atoms with van der Waals surface area (Å²) < 4.78 is 4.67. The quantitative estimate of drug-likeness (QED) is 0.692. The van der Waals surface area contributed by atoms with Gasteiger partial charge >= 0.3 is 5.97 Å². The Balaban J connectivity index is 2.27. The van der Waals surface area contributed by atoms with E-state index in [1.54, 1.807) is 0 Å². The van der Waals surface area contributed by atoms with E-state index in [2.05, 4.69) is 16.6 Å². The number of methoxy groups -OCH3 is 1. The van der Waals surface area contributed by atoms with Crippen molar-refractivity contribution < 1.29 is 9.53 Å². The fourth-order valence-electron chi connectivity index (χ4n) is 2.03. The Labute approximate surface area is 83.5 Å². The lowest BCUT2D eigenvalue weighted by Crippen LogP contribution is -2.09. The van der Waals surface area contributed by atoms with Crippen molar-refractivity contribution in [1.82, 2.24) is 4.98 Å². The normalized spacial score (nSPS) is 20.3. The summed E-state index contributed by atoms with van der Waals surface area (Å²) in [5, 5.41) is 0. The Morgan fingerprint density at radius 1 is 1.64 bits per heavy atom. The molecule has 0 aromatic carbocycles. The highest BCUT2D eigenvalue weighted by Gasteiger charge is 2.19. The van der Waals surface area contributed by atoms with Crippen molar-refractivity contribution in [3.8, 4) is 0 Å². The molecule has 14 heavy (non-hydrogen) atoms. The molecule has 0 amide bonds. The molecule has 0 saturated heterocycles. The minimum Gasteiger partial charge on any atom is -0.464 e. The van der Waals surface area contributed by atoms with Crippen LogP contribution in [-0.4, -0.2) is 18.1 Å². The first-order chi connectivity index (χ1) is 6.70. The third kappa shape index (κ3) is 1.54. The number of aromatic amines is 1. The maximum absolute atomic E-state index is 11.3. The number of hydrogen-bond acceptors (Lipinski definition) is 2. The lowest BCUT2D eigenvalue weighted by molar-refractivity contribution is 0.0594. The highest BCUT2D eigenvalue weighted by Crippen LogP contribution is 2.25. The average Bonchev–Trinajstić information content (AvgIpc) is 2.59. The molecule has 1 aromatic heterocycles. The van der Waals surface area contributed by atoms with Crippen LogP contribution in [-0.2, 0) is 17.6 Å². The molecule has 0 bridgehead atoms. The van der Waals surface area contributed by atoms with Crippen LogP contribution < -0.4 is 0 Å². The number of hydrogen-bond donors (Lipinski definition) is 1. The third-order valence-corrected chi connectivity index (χ3v) is 2.85. The summed E-state index contributed by atoms with van der Waals surface area (Å²) in [5.74, 6) is 0.454. The van der Waals surface area contributed by atoms with Crippen molar-refractivity contribution in [2.24, 2.45) is 5.92 Å². The smallest absolute Gasteiger partial charge is 0.354 e. The summed E-state index contributed by atoms with van der Waals surface area (Å²) in [6.45, 7) is 2.24. The number of nitrogens with one attached hydrogen (secondary N) is 1. The van der Waals surface area contributed by atoms with Crippen molar-refractivity contribution >= 4 is 5.97 Å². The first kappa shape index (κ1) is 9.31. The largest absolute Gasteiger partial charge is 0.464 e. The number of aromatic nitrogens is 1. The van der Waals surface area contributed by atoms with Crippen LogP contribution >= 0.6 is 0 Å². The van der Waals surface area contributed by atoms with Gasteiger partial charge < -0.3 is 9.72 Å². The van der Waals surface area contributed by atoms with Crippen molar-refractivity contribution in [1.29, 1.82) is 0 Å². The van der Waals surface area contributed by atoms with Gasteiger partial charge in [0.2, 0.25) is 0 Å². The first-order valence-corrected chi connectivity index (χ1v) is 4.99. The summed E-state index contributed by atoms with van der Waals surface area (Å²) in [5.41, 5.74) is 3.08. The Morgan fingerprint density at radius 3 is 3.14 bits per heavy atom. The zero-order valence-corrected chi connectivity index (χ0v) is 8.59. The first-order valence-electron chi connectivity index (χ1n) is 4.99. The van der Waals surface area contributed by atoms with E-state index in [0.717, 1.165) is 18.8 Å². The van der Waals surface area contributed by atoms with Gasteiger partial charge in [0.15, 0.2) is 0 Å². The SMILES string of the molecule is COC(=O)c1cc2c([nH]1)CCC(C)C2. The second-order valence-corrected chi connectivity index (χ2v) is 4.03. The van der Waals surface area contributed by atoms with E-state index in [0.29, 0.717) is 5.69 Å². The Kier molecular flexibility index (Phi) is 2.32. The third-order valence-electron chi connectivity index (χ3n) is 2.85. The predicted molar refractivity (Wildman–Crippen MR) is 53.3 cm³/mol. The second-order valence-electron chi connectivity index (χ2n) is 4.03. The van der Waals surface area contributed by atoms with Gasteiger partial charge in [-0.3, -0.25) is 0 Å². The van der Waals surface area contributed by atoms with Crippen LogP contribution in [0.4, 0.5) is 0 Å². The van der Waals surface area contributed by atoms with Crippen molar-refractivity contribution in [2.45, 2.75) is 26.2 Å². The van der Waals surface area contributed by atoms with E-state index >= 15 is 0 Å². The molecule has 1 aliphatic carbocycles. The number of carbonyl (C=O) groups excluding carboxylic acids is 1. The molecule has 0 aliphatic heterocycles. The predicted octanol–water partition coefficient (Wildman–Crippen LogP) is 1.93. The Bertz CT molecular complexity index is 354. The van der Waals surface area contributed by atoms with Crippen molar-refractivity contribution in [2.75, 3.05) is 7.11 Å². The average molecular weight is 193 g/mol. The number of ether oxygens (including phenoxy) is 1. The summed E-state index contributed by atoms with van der Waals surface area (Å²) in [6, 6.07) is 1.93. The van der Waals surface area contributed by atoms with E-state index in [4.69, 9.17) is 0 Å². The fraction of sp³-hybridized carbons (Fsp3) is 0.545. The molecular formula is C11H15NO2. The van der Waals surface area contributed by atoms with Crippen LogP contribution in [0.15, 0.2) is 6.07 Å². The molecule has 1 unspecified atom stereocenters. The molecule has 76 valence electrons. The lowest BCUT2D eigenvalue weighted by atomic mass is 9.89. The zero-order chi connectivity index (χ0) is 10.1. The monoisotopic (exact) mass is 193 g/mol. The van der Waals surface area contributed by atoms with E-state index in [9.17, 15) is 4.79 Å². The molecule has 1 aromatic rings. The van der Waals surface area contributed by atoms with Crippen LogP contribution in [0.25, 0.3) is 0 Å². The number of fused-ring (bicyclic) bond motifs is 1. The van der Waals surface area contributed by atoms with E-state index in [1.807, 2.05) is 6.07 Å². The number of rotatable bonds is 1. The summed E-state index contributed by atoms with van der Waals surface area (Å²) in [7, 11) is 1.41. The molecule has 1 atom stereocenters. The Hall–Kier alpha value is -1.25. The standard InChI is InChI=1S/C11H15NO2/c1-7-3-4-9-8(5-7)6-10(12-9)11(13)14-2/h6-7,12H,3-5H2,1-2H3. The minimum atomic E-state index is -0.271. The highest BCUT2D eigenvalue weighted by molar-refractivity contribution is 5.87. The van der Waals surface area contributed by atoms with E-state index < -0.39 is 0 Å². The molecule has 1 N–H and O–H groups in total. The molecule has 3 heteroatoms. The summed E-state index contributed by atoms with van der Waals surface area (Å²) in [6.07, 6.45) is 3.32. The lowest BCUT2D eigenvalue weighted by Gasteiger charge is -2.17. The topological polar surface area (TPSA) is 42.1 Å². The molecule has 1 heterocycles. The molecule has 1 aliphatic rings. The molecule has 0 fully saturated rings. The molecule has 2 rings (SSSR count). The maximum Gasteiger partial charge on any atom is 0.354 e. The molecular weight excluding hydrogens is 178 g/mol. The van der Waals surface area contributed by atoms with Gasteiger partial charge in [0.05, 0.1) is 7.11 Å². The minimum absolute atomic E-state index is 0.271. The number of H-pyrrole nitrogens is 1. The number of aryl methyl sites for hydroxylation is 1. The van der Waals surface area contributed by atoms with E-state index in [1.165, 1.54) is 24.8 Å². The van der Waals surface area contributed by atoms with Gasteiger partial charge in [-0.2, -0.15) is 0 Å². The van der Waals surface area contributed by atoms with Gasteiger partial charge in [-0.15, -0.1) is 0 Å². The van der Waals surface area contributed by atoms with Gasteiger partial charge in [-0.25, -0.2) is 4.79 Å². The molecule has 3 nitrogen and oxygen atoms in total. The van der Waals surface area contributed by atoms with Crippen LogP contribution in [0, 0.1) is 5.92 Å². The Morgan fingerprint density at radius 2 is 2.43 bits per heavy atom. The molecule has 0 spiro atoms.